The lowest BCUT2D eigenvalue weighted by Crippen LogP contribution is -2.43. The Labute approximate surface area is 176 Å². The molecule has 1 aliphatic heterocycles. The fraction of sp³-hybridized carbons (Fsp3) is 0.300. The van der Waals surface area contributed by atoms with Crippen LogP contribution in [-0.4, -0.2) is 51.4 Å². The molecule has 0 spiro atoms. The predicted octanol–water partition coefficient (Wildman–Crippen LogP) is 3.37. The maximum absolute atomic E-state index is 13.7. The molecule has 1 fully saturated rings. The molecule has 11 heteroatoms. The van der Waals surface area contributed by atoms with Crippen LogP contribution in [0.1, 0.15) is 0 Å². The van der Waals surface area contributed by atoms with Gasteiger partial charge in [-0.1, -0.05) is 0 Å². The number of anilines is 1. The molecular weight excluding hydrogens is 438 g/mol. The minimum absolute atomic E-state index is 0.0541. The van der Waals surface area contributed by atoms with Gasteiger partial charge in [0.1, 0.15) is 11.6 Å². The molecular formula is C20H19F4N3O3S. The minimum atomic E-state index is -4.53. The monoisotopic (exact) mass is 457 g/mol. The van der Waals surface area contributed by atoms with E-state index in [4.69, 9.17) is 4.74 Å². The second-order valence-electron chi connectivity index (χ2n) is 7.09. The lowest BCUT2D eigenvalue weighted by atomic mass is 10.2. The third-order valence-electron chi connectivity index (χ3n) is 4.96. The summed E-state index contributed by atoms with van der Waals surface area (Å²) >= 11 is 0. The van der Waals surface area contributed by atoms with Crippen molar-refractivity contribution in [3.05, 3.63) is 54.5 Å². The molecule has 1 aromatic heterocycles. The number of alkyl halides is 3. The van der Waals surface area contributed by atoms with E-state index >= 15 is 0 Å². The largest absolute Gasteiger partial charge is 0.482 e. The molecule has 0 saturated carbocycles. The fourth-order valence-electron chi connectivity index (χ4n) is 3.49. The Kier molecular flexibility index (Phi) is 5.56. The Morgan fingerprint density at radius 3 is 2.48 bits per heavy atom. The summed E-state index contributed by atoms with van der Waals surface area (Å²) in [6.45, 7) is 0.654. The van der Waals surface area contributed by atoms with Crippen LogP contribution < -0.4 is 15.0 Å². The average Bonchev–Trinajstić information content (AvgIpc) is 3.16. The Bertz CT molecular complexity index is 1200. The number of aromatic nitrogens is 1. The summed E-state index contributed by atoms with van der Waals surface area (Å²) in [7, 11) is -4.13. The molecule has 1 saturated heterocycles. The van der Waals surface area contributed by atoms with Crippen LogP contribution >= 0.6 is 0 Å². The van der Waals surface area contributed by atoms with Gasteiger partial charge in [0.15, 0.2) is 6.61 Å². The summed E-state index contributed by atoms with van der Waals surface area (Å²) in [6.07, 6.45) is -3.21. The maximum atomic E-state index is 13.7. The molecule has 1 N–H and O–H groups in total. The SMILES string of the molecule is O=S(=O)(c1ccc(OCC(F)(F)F)c(N2CCNCC2)c1)n1ccc2ccc(F)cc21. The van der Waals surface area contributed by atoms with Gasteiger partial charge in [0.25, 0.3) is 10.0 Å². The van der Waals surface area contributed by atoms with Crippen molar-refractivity contribution in [2.75, 3.05) is 37.7 Å². The van der Waals surface area contributed by atoms with Gasteiger partial charge >= 0.3 is 6.18 Å². The molecule has 1 aliphatic rings. The Balaban J connectivity index is 1.77. The molecule has 0 radical (unpaired) electrons. The molecule has 4 rings (SSSR count). The van der Waals surface area contributed by atoms with Crippen LogP contribution in [-0.2, 0) is 10.0 Å². The van der Waals surface area contributed by atoms with Gasteiger partial charge in [-0.2, -0.15) is 13.2 Å². The second kappa shape index (κ2) is 8.04. The van der Waals surface area contributed by atoms with Gasteiger partial charge in [0.2, 0.25) is 0 Å². The van der Waals surface area contributed by atoms with Gasteiger partial charge in [-0.05, 0) is 42.5 Å². The number of nitrogens with one attached hydrogen (secondary N) is 1. The van der Waals surface area contributed by atoms with Crippen molar-refractivity contribution in [1.82, 2.24) is 9.29 Å². The Morgan fingerprint density at radius 2 is 1.77 bits per heavy atom. The number of halogens is 4. The highest BCUT2D eigenvalue weighted by Gasteiger charge is 2.30. The van der Waals surface area contributed by atoms with Gasteiger partial charge in [-0.25, -0.2) is 16.8 Å². The molecule has 2 aromatic carbocycles. The van der Waals surface area contributed by atoms with E-state index in [0.29, 0.717) is 31.6 Å². The number of benzene rings is 2. The van der Waals surface area contributed by atoms with Gasteiger partial charge in [-0.3, -0.25) is 0 Å². The van der Waals surface area contributed by atoms with Crippen molar-refractivity contribution >= 4 is 26.6 Å². The van der Waals surface area contributed by atoms with Crippen LogP contribution in [0.5, 0.6) is 5.75 Å². The quantitative estimate of drug-likeness (QED) is 0.596. The summed E-state index contributed by atoms with van der Waals surface area (Å²) in [5.41, 5.74) is 0.426. The smallest absolute Gasteiger partial charge is 0.422 e. The molecule has 6 nitrogen and oxygen atoms in total. The summed E-state index contributed by atoms with van der Waals surface area (Å²) in [5, 5.41) is 3.67. The van der Waals surface area contributed by atoms with Gasteiger partial charge in [0, 0.05) is 37.8 Å². The van der Waals surface area contributed by atoms with Gasteiger partial charge in [0.05, 0.1) is 16.1 Å². The molecule has 0 aliphatic carbocycles. The second-order valence-corrected chi connectivity index (χ2v) is 8.91. The van der Waals surface area contributed by atoms with Crippen molar-refractivity contribution in [2.24, 2.45) is 0 Å². The van der Waals surface area contributed by atoms with E-state index in [1.165, 1.54) is 36.5 Å². The standard InChI is InChI=1S/C20H19F4N3O3S/c21-15-2-1-14-5-8-27(17(14)11-15)31(28,29)16-3-4-19(30-13-20(22,23)24)18(12-16)26-9-6-25-7-10-26/h1-5,8,11-12,25H,6-7,9-10,13H2. The number of hydrogen-bond acceptors (Lipinski definition) is 5. The number of fused-ring (bicyclic) bond motifs is 1. The highest BCUT2D eigenvalue weighted by atomic mass is 32.2. The van der Waals surface area contributed by atoms with E-state index in [1.807, 2.05) is 0 Å². The molecule has 166 valence electrons. The maximum Gasteiger partial charge on any atom is 0.422 e. The predicted molar refractivity (Wildman–Crippen MR) is 108 cm³/mol. The highest BCUT2D eigenvalue weighted by molar-refractivity contribution is 7.90. The molecule has 2 heterocycles. The van der Waals surface area contributed by atoms with Gasteiger partial charge < -0.3 is 15.0 Å². The van der Waals surface area contributed by atoms with Crippen molar-refractivity contribution < 1.29 is 30.7 Å². The van der Waals surface area contributed by atoms with Crippen molar-refractivity contribution in [3.63, 3.8) is 0 Å². The fourth-order valence-corrected chi connectivity index (χ4v) is 4.86. The summed E-state index contributed by atoms with van der Waals surface area (Å²) in [6, 6.07) is 9.08. The van der Waals surface area contributed by atoms with Crippen LogP contribution in [0.4, 0.5) is 23.2 Å². The zero-order valence-electron chi connectivity index (χ0n) is 16.2. The highest BCUT2D eigenvalue weighted by Crippen LogP contribution is 2.34. The van der Waals surface area contributed by atoms with Crippen molar-refractivity contribution in [2.45, 2.75) is 11.1 Å². The van der Waals surface area contributed by atoms with Crippen LogP contribution in [0.3, 0.4) is 0 Å². The van der Waals surface area contributed by atoms with Crippen LogP contribution in [0.15, 0.2) is 53.6 Å². The average molecular weight is 457 g/mol. The first-order valence-electron chi connectivity index (χ1n) is 9.47. The number of piperazine rings is 1. The number of nitrogens with zero attached hydrogens (tertiary/aromatic N) is 2. The molecule has 31 heavy (non-hydrogen) atoms. The lowest BCUT2D eigenvalue weighted by molar-refractivity contribution is -0.153. The first-order chi connectivity index (χ1) is 14.6. The number of ether oxygens (including phenoxy) is 1. The normalized spacial score (nSPS) is 15.4. The Hall–Kier alpha value is -2.79. The van der Waals surface area contributed by atoms with E-state index in [0.717, 1.165) is 10.0 Å². The molecule has 3 aromatic rings. The Morgan fingerprint density at radius 1 is 1.03 bits per heavy atom. The van der Waals surface area contributed by atoms with E-state index in [2.05, 4.69) is 5.32 Å². The minimum Gasteiger partial charge on any atom is -0.482 e. The van der Waals surface area contributed by atoms with Crippen LogP contribution in [0, 0.1) is 5.82 Å². The molecule has 0 unspecified atom stereocenters. The van der Waals surface area contributed by atoms with Crippen molar-refractivity contribution in [3.8, 4) is 5.75 Å². The van der Waals surface area contributed by atoms with Crippen LogP contribution in [0.25, 0.3) is 10.9 Å². The summed E-state index contributed by atoms with van der Waals surface area (Å²) in [5.74, 6) is -0.637. The third-order valence-corrected chi connectivity index (χ3v) is 6.64. The topological polar surface area (TPSA) is 63.6 Å². The number of hydrogen-bond donors (Lipinski definition) is 1. The van der Waals surface area contributed by atoms with E-state index in [-0.39, 0.29) is 21.8 Å². The first kappa shape index (κ1) is 21.4. The molecule has 0 bridgehead atoms. The first-order valence-corrected chi connectivity index (χ1v) is 10.9. The number of rotatable bonds is 5. The zero-order chi connectivity index (χ0) is 22.2. The third kappa shape index (κ3) is 4.47. The van der Waals surface area contributed by atoms with E-state index < -0.39 is 28.6 Å². The lowest BCUT2D eigenvalue weighted by Gasteiger charge is -2.31. The van der Waals surface area contributed by atoms with Gasteiger partial charge in [-0.15, -0.1) is 0 Å². The van der Waals surface area contributed by atoms with Crippen LogP contribution in [0.2, 0.25) is 0 Å². The summed E-state index contributed by atoms with van der Waals surface area (Å²) in [4.78, 5) is 1.64. The van der Waals surface area contributed by atoms with Crippen molar-refractivity contribution in [1.29, 1.82) is 0 Å². The zero-order valence-corrected chi connectivity index (χ0v) is 17.0. The van der Waals surface area contributed by atoms with E-state index in [1.54, 1.807) is 11.0 Å². The molecule has 0 atom stereocenters. The van der Waals surface area contributed by atoms with E-state index in [9.17, 15) is 26.0 Å². The molecule has 0 amide bonds. The summed E-state index contributed by atoms with van der Waals surface area (Å²) < 4.78 is 84.2.